The highest BCUT2D eigenvalue weighted by Gasteiger charge is 2.31. The topological polar surface area (TPSA) is 54.5 Å². The van der Waals surface area contributed by atoms with Crippen molar-refractivity contribution < 1.29 is 9.53 Å². The van der Waals surface area contributed by atoms with Gasteiger partial charge in [0.2, 0.25) is 0 Å². The Labute approximate surface area is 159 Å². The third kappa shape index (κ3) is 3.26. The van der Waals surface area contributed by atoms with Gasteiger partial charge in [0, 0.05) is 36.3 Å². The summed E-state index contributed by atoms with van der Waals surface area (Å²) in [4.78, 5) is 20.1. The fourth-order valence-electron chi connectivity index (χ4n) is 3.81. The molecule has 1 fully saturated rings. The van der Waals surface area contributed by atoms with Crippen LogP contribution >= 0.6 is 0 Å². The maximum Gasteiger partial charge on any atom is 0.255 e. The average Bonchev–Trinajstić information content (AvgIpc) is 2.72. The van der Waals surface area contributed by atoms with E-state index in [1.807, 2.05) is 66.4 Å². The minimum atomic E-state index is -0.0744. The average molecular weight is 361 g/mol. The molecular weight excluding hydrogens is 338 g/mol. The van der Waals surface area contributed by atoms with Gasteiger partial charge in [-0.25, -0.2) is 0 Å². The molecule has 2 heterocycles. The molecule has 1 aliphatic heterocycles. The lowest BCUT2D eigenvalue weighted by atomic mass is 9.99. The van der Waals surface area contributed by atoms with Crippen LogP contribution < -0.4 is 10.1 Å². The van der Waals surface area contributed by atoms with Crippen molar-refractivity contribution in [1.29, 1.82) is 0 Å². The van der Waals surface area contributed by atoms with Gasteiger partial charge < -0.3 is 15.0 Å². The molecule has 1 unspecified atom stereocenters. The van der Waals surface area contributed by atoms with E-state index in [9.17, 15) is 4.79 Å². The fraction of sp³-hybridized carbons (Fsp3) is 0.273. The summed E-state index contributed by atoms with van der Waals surface area (Å²) in [7, 11) is 1.67. The number of benzene rings is 2. The van der Waals surface area contributed by atoms with E-state index in [1.165, 1.54) is 0 Å². The molecule has 1 atom stereocenters. The van der Waals surface area contributed by atoms with E-state index >= 15 is 0 Å². The number of hydrogen-bond acceptors (Lipinski definition) is 4. The second kappa shape index (κ2) is 7.37. The maximum absolute atomic E-state index is 13.6. The molecule has 5 nitrogen and oxygen atoms in total. The van der Waals surface area contributed by atoms with E-state index in [2.05, 4.69) is 10.3 Å². The highest BCUT2D eigenvalue weighted by atomic mass is 16.5. The number of hydrogen-bond donors (Lipinski definition) is 1. The summed E-state index contributed by atoms with van der Waals surface area (Å²) in [5.74, 6) is 0.842. The Hall–Kier alpha value is -2.92. The largest absolute Gasteiger partial charge is 0.496 e. The smallest absolute Gasteiger partial charge is 0.255 e. The lowest BCUT2D eigenvalue weighted by Gasteiger charge is -2.37. The van der Waals surface area contributed by atoms with Crippen molar-refractivity contribution >= 4 is 16.8 Å². The normalized spacial score (nSPS) is 17.1. The molecule has 27 heavy (non-hydrogen) atoms. The van der Waals surface area contributed by atoms with Crippen molar-refractivity contribution in [3.8, 4) is 5.75 Å². The predicted octanol–water partition coefficient (Wildman–Crippen LogP) is 3.34. The van der Waals surface area contributed by atoms with Crippen LogP contribution in [0.1, 0.15) is 27.7 Å². The monoisotopic (exact) mass is 361 g/mol. The van der Waals surface area contributed by atoms with Crippen LogP contribution in [-0.2, 0) is 0 Å². The molecule has 1 amide bonds. The first-order valence-corrected chi connectivity index (χ1v) is 9.20. The number of fused-ring (bicyclic) bond motifs is 1. The van der Waals surface area contributed by atoms with Crippen LogP contribution in [0.5, 0.6) is 5.75 Å². The number of rotatable bonds is 3. The van der Waals surface area contributed by atoms with Gasteiger partial charge in [0.05, 0.1) is 24.2 Å². The number of aromatic nitrogens is 1. The van der Waals surface area contributed by atoms with Gasteiger partial charge in [0.25, 0.3) is 5.91 Å². The summed E-state index contributed by atoms with van der Waals surface area (Å²) in [5, 5.41) is 4.30. The molecule has 1 aliphatic rings. The quantitative estimate of drug-likeness (QED) is 0.777. The standard InChI is InChI=1S/C22H23N3O2/c1-15-13-18(16-7-3-5-9-19(16)24-15)22(26)25-12-11-23-14-20(25)17-8-4-6-10-21(17)27-2/h3-10,13,20,23H,11-12,14H2,1-2H3. The zero-order valence-corrected chi connectivity index (χ0v) is 15.6. The van der Waals surface area contributed by atoms with Crippen molar-refractivity contribution in [1.82, 2.24) is 15.2 Å². The number of carbonyl (C=O) groups excluding carboxylic acids is 1. The first kappa shape index (κ1) is 17.5. The molecule has 2 aromatic carbocycles. The number of piperazine rings is 1. The van der Waals surface area contributed by atoms with Crippen LogP contribution in [0.3, 0.4) is 0 Å². The van der Waals surface area contributed by atoms with Gasteiger partial charge in [-0.05, 0) is 25.1 Å². The van der Waals surface area contributed by atoms with E-state index in [1.54, 1.807) is 7.11 Å². The zero-order chi connectivity index (χ0) is 18.8. The van der Waals surface area contributed by atoms with Gasteiger partial charge in [-0.3, -0.25) is 9.78 Å². The molecule has 0 spiro atoms. The van der Waals surface area contributed by atoms with E-state index in [4.69, 9.17) is 4.74 Å². The minimum Gasteiger partial charge on any atom is -0.496 e. The molecule has 0 aliphatic carbocycles. The number of para-hydroxylation sites is 2. The van der Waals surface area contributed by atoms with Gasteiger partial charge in [0.1, 0.15) is 5.75 Å². The first-order valence-electron chi connectivity index (χ1n) is 9.20. The van der Waals surface area contributed by atoms with Crippen LogP contribution in [0, 0.1) is 6.92 Å². The Morgan fingerprint density at radius 3 is 2.81 bits per heavy atom. The molecule has 5 heteroatoms. The number of pyridine rings is 1. The number of methoxy groups -OCH3 is 1. The second-order valence-electron chi connectivity index (χ2n) is 6.79. The molecule has 138 valence electrons. The van der Waals surface area contributed by atoms with Crippen molar-refractivity contribution in [2.24, 2.45) is 0 Å². The Morgan fingerprint density at radius 1 is 1.19 bits per heavy atom. The number of nitrogens with one attached hydrogen (secondary N) is 1. The van der Waals surface area contributed by atoms with Crippen molar-refractivity contribution in [3.05, 3.63) is 71.4 Å². The summed E-state index contributed by atoms with van der Waals surface area (Å²) >= 11 is 0. The third-order valence-corrected chi connectivity index (χ3v) is 5.08. The van der Waals surface area contributed by atoms with E-state index in [-0.39, 0.29) is 11.9 Å². The van der Waals surface area contributed by atoms with E-state index in [0.29, 0.717) is 18.7 Å². The molecule has 0 saturated carbocycles. The van der Waals surface area contributed by atoms with Crippen LogP contribution in [0.4, 0.5) is 0 Å². The molecule has 1 aromatic heterocycles. The van der Waals surface area contributed by atoms with Crippen LogP contribution in [0.15, 0.2) is 54.6 Å². The van der Waals surface area contributed by atoms with E-state index in [0.717, 1.165) is 34.5 Å². The zero-order valence-electron chi connectivity index (χ0n) is 15.6. The number of aryl methyl sites for hydroxylation is 1. The fourth-order valence-corrected chi connectivity index (χ4v) is 3.81. The Balaban J connectivity index is 1.78. The van der Waals surface area contributed by atoms with Crippen LogP contribution in [-0.4, -0.2) is 42.5 Å². The van der Waals surface area contributed by atoms with Gasteiger partial charge in [-0.15, -0.1) is 0 Å². The summed E-state index contributed by atoms with van der Waals surface area (Å²) in [5.41, 5.74) is 3.43. The Bertz CT molecular complexity index is 986. The number of ether oxygens (including phenoxy) is 1. The summed E-state index contributed by atoms with van der Waals surface area (Å²) in [6.45, 7) is 4.06. The SMILES string of the molecule is COc1ccccc1C1CNCCN1C(=O)c1cc(C)nc2ccccc12. The van der Waals surface area contributed by atoms with Crippen molar-refractivity contribution in [3.63, 3.8) is 0 Å². The summed E-state index contributed by atoms with van der Waals surface area (Å²) in [6, 6.07) is 17.6. The highest BCUT2D eigenvalue weighted by molar-refractivity contribution is 6.06. The Morgan fingerprint density at radius 2 is 1.96 bits per heavy atom. The number of nitrogens with zero attached hydrogens (tertiary/aromatic N) is 2. The first-order chi connectivity index (χ1) is 13.2. The lowest BCUT2D eigenvalue weighted by Crippen LogP contribution is -2.48. The van der Waals surface area contributed by atoms with Crippen molar-refractivity contribution in [2.45, 2.75) is 13.0 Å². The summed E-state index contributed by atoms with van der Waals surface area (Å²) in [6.07, 6.45) is 0. The van der Waals surface area contributed by atoms with Gasteiger partial charge in [0.15, 0.2) is 0 Å². The predicted molar refractivity (Wildman–Crippen MR) is 106 cm³/mol. The lowest BCUT2D eigenvalue weighted by molar-refractivity contribution is 0.0633. The van der Waals surface area contributed by atoms with Gasteiger partial charge >= 0.3 is 0 Å². The molecule has 1 N–H and O–H groups in total. The van der Waals surface area contributed by atoms with Gasteiger partial charge in [-0.1, -0.05) is 36.4 Å². The second-order valence-corrected chi connectivity index (χ2v) is 6.79. The minimum absolute atomic E-state index is 0.0362. The molecule has 0 radical (unpaired) electrons. The molecule has 0 bridgehead atoms. The van der Waals surface area contributed by atoms with Gasteiger partial charge in [-0.2, -0.15) is 0 Å². The summed E-state index contributed by atoms with van der Waals surface area (Å²) < 4.78 is 5.55. The van der Waals surface area contributed by atoms with Crippen LogP contribution in [0.25, 0.3) is 10.9 Å². The molecule has 4 rings (SSSR count). The molecular formula is C22H23N3O2. The van der Waals surface area contributed by atoms with E-state index < -0.39 is 0 Å². The maximum atomic E-state index is 13.6. The third-order valence-electron chi connectivity index (χ3n) is 5.08. The highest BCUT2D eigenvalue weighted by Crippen LogP contribution is 2.32. The molecule has 3 aromatic rings. The van der Waals surface area contributed by atoms with Crippen LogP contribution in [0.2, 0.25) is 0 Å². The number of carbonyl (C=O) groups is 1. The Kier molecular flexibility index (Phi) is 4.77. The number of amides is 1. The molecule has 1 saturated heterocycles. The van der Waals surface area contributed by atoms with Crippen molar-refractivity contribution in [2.75, 3.05) is 26.7 Å².